The van der Waals surface area contributed by atoms with Gasteiger partial charge in [0.15, 0.2) is 0 Å². The van der Waals surface area contributed by atoms with Crippen LogP contribution in [0.15, 0.2) is 18.2 Å². The van der Waals surface area contributed by atoms with E-state index in [4.69, 9.17) is 14.2 Å². The number of hydrogen-bond acceptors (Lipinski definition) is 5. The fourth-order valence-corrected chi connectivity index (χ4v) is 2.45. The van der Waals surface area contributed by atoms with Gasteiger partial charge in [-0.1, -0.05) is 0 Å². The topological polar surface area (TPSA) is 43.0 Å². The summed E-state index contributed by atoms with van der Waals surface area (Å²) in [4.78, 5) is 2.24. The molecule has 1 unspecified atom stereocenters. The average molecular weight is 280 g/mol. The molecule has 1 heterocycles. The van der Waals surface area contributed by atoms with Crippen molar-refractivity contribution in [3.8, 4) is 11.5 Å². The lowest BCUT2D eigenvalue weighted by atomic mass is 10.1. The Bertz CT molecular complexity index is 420. The van der Waals surface area contributed by atoms with Gasteiger partial charge in [0.2, 0.25) is 0 Å². The number of rotatable bonds is 6. The van der Waals surface area contributed by atoms with Crippen molar-refractivity contribution < 1.29 is 14.2 Å². The van der Waals surface area contributed by atoms with Crippen molar-refractivity contribution in [2.24, 2.45) is 0 Å². The van der Waals surface area contributed by atoms with Crippen LogP contribution in [0.1, 0.15) is 5.56 Å². The highest BCUT2D eigenvalue weighted by Crippen LogP contribution is 2.25. The summed E-state index contributed by atoms with van der Waals surface area (Å²) in [6.45, 7) is 4.36. The number of morpholine rings is 1. The Morgan fingerprint density at radius 1 is 1.35 bits per heavy atom. The molecule has 1 N–H and O–H groups in total. The lowest BCUT2D eigenvalue weighted by molar-refractivity contribution is 0.00875. The fraction of sp³-hybridized carbons (Fsp3) is 0.600. The van der Waals surface area contributed by atoms with E-state index in [0.29, 0.717) is 0 Å². The van der Waals surface area contributed by atoms with E-state index in [-0.39, 0.29) is 6.10 Å². The van der Waals surface area contributed by atoms with Crippen molar-refractivity contribution in [2.75, 3.05) is 47.5 Å². The third kappa shape index (κ3) is 4.10. The minimum Gasteiger partial charge on any atom is -0.497 e. The Balaban J connectivity index is 1.96. The first-order valence-electron chi connectivity index (χ1n) is 6.94. The van der Waals surface area contributed by atoms with Crippen LogP contribution in [0.4, 0.5) is 0 Å². The molecule has 0 bridgehead atoms. The second kappa shape index (κ2) is 7.47. The summed E-state index contributed by atoms with van der Waals surface area (Å²) >= 11 is 0. The summed E-state index contributed by atoms with van der Waals surface area (Å²) in [5, 5.41) is 3.35. The molecular formula is C15H24N2O3. The highest BCUT2D eigenvalue weighted by Gasteiger charge is 2.16. The minimum atomic E-state index is 0.255. The molecule has 112 valence electrons. The fourth-order valence-electron chi connectivity index (χ4n) is 2.45. The van der Waals surface area contributed by atoms with E-state index in [2.05, 4.69) is 17.3 Å². The number of likely N-dealkylation sites (N-methyl/N-ethyl adjacent to an activating group) is 1. The molecule has 0 spiro atoms. The number of nitrogens with one attached hydrogen (secondary N) is 1. The normalized spacial score (nSPS) is 19.1. The zero-order valence-corrected chi connectivity index (χ0v) is 12.5. The van der Waals surface area contributed by atoms with Gasteiger partial charge in [-0.2, -0.15) is 0 Å². The third-order valence-corrected chi connectivity index (χ3v) is 3.45. The van der Waals surface area contributed by atoms with Gasteiger partial charge < -0.3 is 19.5 Å². The Kier molecular flexibility index (Phi) is 5.64. The first-order valence-corrected chi connectivity index (χ1v) is 6.94. The molecule has 1 aliphatic heterocycles. The van der Waals surface area contributed by atoms with Crippen LogP contribution in [0.5, 0.6) is 11.5 Å². The molecule has 1 atom stereocenters. The second-order valence-corrected chi connectivity index (χ2v) is 5.07. The SMILES string of the molecule is COc1ccc(OC)c(CN(C)CC2CNCCO2)c1. The second-order valence-electron chi connectivity index (χ2n) is 5.07. The van der Waals surface area contributed by atoms with Gasteiger partial charge in [-0.3, -0.25) is 4.90 Å². The van der Waals surface area contributed by atoms with Gasteiger partial charge in [0.1, 0.15) is 11.5 Å². The first-order chi connectivity index (χ1) is 9.72. The van der Waals surface area contributed by atoms with Gasteiger partial charge >= 0.3 is 0 Å². The molecular weight excluding hydrogens is 256 g/mol. The van der Waals surface area contributed by atoms with Crippen LogP contribution in [0, 0.1) is 0 Å². The highest BCUT2D eigenvalue weighted by molar-refractivity contribution is 5.40. The Labute approximate surface area is 120 Å². The van der Waals surface area contributed by atoms with Crippen LogP contribution < -0.4 is 14.8 Å². The summed E-state index contributed by atoms with van der Waals surface area (Å²) < 4.78 is 16.4. The molecule has 0 aromatic heterocycles. The van der Waals surface area contributed by atoms with Crippen molar-refractivity contribution in [1.82, 2.24) is 10.2 Å². The summed E-state index contributed by atoms with van der Waals surface area (Å²) in [6, 6.07) is 5.88. The zero-order chi connectivity index (χ0) is 14.4. The van der Waals surface area contributed by atoms with Crippen molar-refractivity contribution in [1.29, 1.82) is 0 Å². The molecule has 1 aliphatic rings. The molecule has 1 aromatic rings. The van der Waals surface area contributed by atoms with Gasteiger partial charge in [-0.15, -0.1) is 0 Å². The van der Waals surface area contributed by atoms with E-state index in [0.717, 1.165) is 49.8 Å². The molecule has 20 heavy (non-hydrogen) atoms. The van der Waals surface area contributed by atoms with Crippen LogP contribution in [-0.4, -0.2) is 58.5 Å². The molecule has 0 saturated carbocycles. The number of hydrogen-bond donors (Lipinski definition) is 1. The maximum Gasteiger partial charge on any atom is 0.123 e. The predicted molar refractivity (Wildman–Crippen MR) is 78.5 cm³/mol. The number of ether oxygens (including phenoxy) is 3. The lowest BCUT2D eigenvalue weighted by Crippen LogP contribution is -2.44. The maximum absolute atomic E-state index is 5.73. The average Bonchev–Trinajstić information content (AvgIpc) is 2.48. The number of benzene rings is 1. The monoisotopic (exact) mass is 280 g/mol. The molecule has 0 radical (unpaired) electrons. The van der Waals surface area contributed by atoms with Crippen molar-refractivity contribution in [2.45, 2.75) is 12.6 Å². The summed E-state index contributed by atoms with van der Waals surface area (Å²) in [5.74, 6) is 1.74. The molecule has 2 rings (SSSR count). The van der Waals surface area contributed by atoms with Crippen LogP contribution in [0.25, 0.3) is 0 Å². The van der Waals surface area contributed by atoms with Crippen LogP contribution >= 0.6 is 0 Å². The zero-order valence-electron chi connectivity index (χ0n) is 12.5. The Morgan fingerprint density at radius 3 is 2.85 bits per heavy atom. The van der Waals surface area contributed by atoms with E-state index in [1.807, 2.05) is 18.2 Å². The summed E-state index contributed by atoms with van der Waals surface area (Å²) in [7, 11) is 5.47. The molecule has 1 fully saturated rings. The van der Waals surface area contributed by atoms with Crippen molar-refractivity contribution in [3.05, 3.63) is 23.8 Å². The minimum absolute atomic E-state index is 0.255. The highest BCUT2D eigenvalue weighted by atomic mass is 16.5. The van der Waals surface area contributed by atoms with Gasteiger partial charge in [-0.25, -0.2) is 0 Å². The number of methoxy groups -OCH3 is 2. The van der Waals surface area contributed by atoms with E-state index in [1.54, 1.807) is 14.2 Å². The number of nitrogens with zero attached hydrogens (tertiary/aromatic N) is 1. The molecule has 1 aromatic carbocycles. The smallest absolute Gasteiger partial charge is 0.123 e. The molecule has 5 nitrogen and oxygen atoms in total. The predicted octanol–water partition coefficient (Wildman–Crippen LogP) is 1.12. The largest absolute Gasteiger partial charge is 0.497 e. The molecule has 0 aliphatic carbocycles. The standard InChI is InChI=1S/C15H24N2O3/c1-17(11-14-9-16-6-7-20-14)10-12-8-13(18-2)4-5-15(12)19-3/h4-5,8,14,16H,6-7,9-11H2,1-3H3. The van der Waals surface area contributed by atoms with Crippen LogP contribution in [0.2, 0.25) is 0 Å². The Morgan fingerprint density at radius 2 is 2.20 bits per heavy atom. The van der Waals surface area contributed by atoms with Crippen LogP contribution in [0.3, 0.4) is 0 Å². The molecule has 5 heteroatoms. The van der Waals surface area contributed by atoms with Crippen molar-refractivity contribution in [3.63, 3.8) is 0 Å². The maximum atomic E-state index is 5.73. The molecule has 1 saturated heterocycles. The van der Waals surface area contributed by atoms with E-state index >= 15 is 0 Å². The van der Waals surface area contributed by atoms with E-state index < -0.39 is 0 Å². The summed E-state index contributed by atoms with van der Waals surface area (Å²) in [5.41, 5.74) is 1.12. The van der Waals surface area contributed by atoms with E-state index in [1.165, 1.54) is 0 Å². The summed E-state index contributed by atoms with van der Waals surface area (Å²) in [6.07, 6.45) is 0.255. The van der Waals surface area contributed by atoms with Gasteiger partial charge in [0.25, 0.3) is 0 Å². The quantitative estimate of drug-likeness (QED) is 0.846. The van der Waals surface area contributed by atoms with E-state index in [9.17, 15) is 0 Å². The third-order valence-electron chi connectivity index (χ3n) is 3.45. The Hall–Kier alpha value is -1.30. The lowest BCUT2D eigenvalue weighted by Gasteiger charge is -2.28. The van der Waals surface area contributed by atoms with Gasteiger partial charge in [-0.05, 0) is 25.2 Å². The van der Waals surface area contributed by atoms with Gasteiger partial charge in [0, 0.05) is 31.7 Å². The molecule has 0 amide bonds. The van der Waals surface area contributed by atoms with Gasteiger partial charge in [0.05, 0.1) is 26.9 Å². The van der Waals surface area contributed by atoms with Crippen molar-refractivity contribution >= 4 is 0 Å². The first kappa shape index (κ1) is 15.1. The van der Waals surface area contributed by atoms with Crippen LogP contribution in [-0.2, 0) is 11.3 Å².